The van der Waals surface area contributed by atoms with E-state index in [1.54, 1.807) is 36.4 Å². The lowest BCUT2D eigenvalue weighted by Gasteiger charge is -2.22. The molecule has 1 heterocycles. The van der Waals surface area contributed by atoms with Gasteiger partial charge < -0.3 is 5.32 Å². The molecule has 1 aromatic heterocycles. The van der Waals surface area contributed by atoms with Crippen molar-refractivity contribution in [2.45, 2.75) is 38.1 Å². The molecule has 0 bridgehead atoms. The summed E-state index contributed by atoms with van der Waals surface area (Å²) in [6.07, 6.45) is 4.94. The Labute approximate surface area is 180 Å². The lowest BCUT2D eigenvalue weighted by molar-refractivity contribution is 0.0927. The van der Waals surface area contributed by atoms with Gasteiger partial charge in [-0.15, -0.1) is 0 Å². The minimum absolute atomic E-state index is 0.0318. The quantitative estimate of drug-likeness (QED) is 0.549. The number of carbonyl (C=O) groups is 1. The van der Waals surface area contributed by atoms with Crippen LogP contribution in [0.2, 0.25) is 5.02 Å². The van der Waals surface area contributed by atoms with E-state index in [-0.39, 0.29) is 17.8 Å². The van der Waals surface area contributed by atoms with Gasteiger partial charge in [0.25, 0.3) is 5.91 Å². The summed E-state index contributed by atoms with van der Waals surface area (Å²) in [5.74, 6) is 1.98. The van der Waals surface area contributed by atoms with Crippen molar-refractivity contribution in [2.24, 2.45) is 17.8 Å². The smallest absolute Gasteiger partial charge is 0.251 e. The molecule has 5 atom stereocenters. The molecular weight excluding hydrogens is 399 g/mol. The number of nitrogens with one attached hydrogen (secondary N) is 1. The fourth-order valence-corrected chi connectivity index (χ4v) is 5.69. The normalized spacial score (nSPS) is 25.7. The number of hydrogen-bond donors (Lipinski definition) is 1. The van der Waals surface area contributed by atoms with Crippen LogP contribution >= 0.6 is 11.6 Å². The van der Waals surface area contributed by atoms with E-state index in [0.717, 1.165) is 30.2 Å². The third kappa shape index (κ3) is 3.47. The molecule has 0 aliphatic heterocycles. The van der Waals surface area contributed by atoms with Crippen molar-refractivity contribution in [3.8, 4) is 0 Å². The molecule has 1 N–H and O–H groups in total. The van der Waals surface area contributed by atoms with E-state index >= 15 is 0 Å². The van der Waals surface area contributed by atoms with Crippen LogP contribution in [0.15, 0.2) is 54.7 Å². The molecule has 2 saturated carbocycles. The third-order valence-electron chi connectivity index (χ3n) is 7.02. The number of aromatic nitrogens is 1. The maximum Gasteiger partial charge on any atom is 0.251 e. The molecule has 154 valence electrons. The van der Waals surface area contributed by atoms with Gasteiger partial charge in [0, 0.05) is 28.2 Å². The second kappa shape index (κ2) is 7.66. The molecule has 30 heavy (non-hydrogen) atoms. The lowest BCUT2D eigenvalue weighted by atomic mass is 9.88. The lowest BCUT2D eigenvalue weighted by Crippen LogP contribution is -2.37. The Balaban J connectivity index is 1.27. The van der Waals surface area contributed by atoms with Crippen LogP contribution in [0.5, 0.6) is 0 Å². The average molecular weight is 423 g/mol. The van der Waals surface area contributed by atoms with Gasteiger partial charge in [0.1, 0.15) is 5.82 Å². The first-order chi connectivity index (χ1) is 14.5. The van der Waals surface area contributed by atoms with E-state index < -0.39 is 0 Å². The van der Waals surface area contributed by atoms with Crippen LogP contribution in [0, 0.1) is 23.6 Å². The van der Waals surface area contributed by atoms with Crippen LogP contribution in [-0.2, 0) is 0 Å². The maximum absolute atomic E-state index is 13.8. The molecule has 2 aliphatic rings. The van der Waals surface area contributed by atoms with E-state index in [1.165, 1.54) is 11.6 Å². The number of nitrogens with zero attached hydrogens (tertiary/aromatic N) is 1. The molecule has 3 aromatic rings. The highest BCUT2D eigenvalue weighted by atomic mass is 35.5. The fraction of sp³-hybridized carbons (Fsp3) is 0.360. The number of carbonyl (C=O) groups excluding carboxylic acids is 1. The highest BCUT2D eigenvalue weighted by Crippen LogP contribution is 2.64. The number of rotatable bonds is 5. The second-order valence-electron chi connectivity index (χ2n) is 8.63. The standard InChI is InChI=1S/C25H24ClFN2O/c1-2-22(29-25(30)14-3-5-16(26)6-4-14)24-20-11-15(12-21(20)24)18-9-10-28-23-8-7-17(27)13-19(18)23/h3-10,13,15,20-22,24H,2,11-12H2,1H3,(H,29,30)/t15-,20-,21+,22-,24+/m1/s1. The number of amides is 1. The second-order valence-corrected chi connectivity index (χ2v) is 9.07. The predicted molar refractivity (Wildman–Crippen MR) is 117 cm³/mol. The van der Waals surface area contributed by atoms with Gasteiger partial charge in [0.15, 0.2) is 0 Å². The summed E-state index contributed by atoms with van der Waals surface area (Å²) in [6.45, 7) is 2.14. The van der Waals surface area contributed by atoms with Crippen molar-refractivity contribution in [1.29, 1.82) is 0 Å². The Morgan fingerprint density at radius 1 is 1.17 bits per heavy atom. The Bertz CT molecular complexity index is 1090. The van der Waals surface area contributed by atoms with Crippen LogP contribution in [-0.4, -0.2) is 16.9 Å². The minimum atomic E-state index is -0.214. The number of halogens is 2. The van der Waals surface area contributed by atoms with E-state index in [9.17, 15) is 9.18 Å². The van der Waals surface area contributed by atoms with Gasteiger partial charge in [-0.1, -0.05) is 18.5 Å². The number of hydrogen-bond acceptors (Lipinski definition) is 2. The average Bonchev–Trinajstić information content (AvgIpc) is 3.23. The number of benzene rings is 2. The van der Waals surface area contributed by atoms with Crippen molar-refractivity contribution in [1.82, 2.24) is 10.3 Å². The summed E-state index contributed by atoms with van der Waals surface area (Å²) in [4.78, 5) is 17.0. The SMILES string of the molecule is CC[C@@H](NC(=O)c1ccc(Cl)cc1)[C@H]1[C@@H]2C[C@@H](c3ccnc4ccc(F)cc34)C[C@@H]21. The van der Waals surface area contributed by atoms with Gasteiger partial charge in [0.2, 0.25) is 0 Å². The monoisotopic (exact) mass is 422 g/mol. The first-order valence-corrected chi connectivity index (χ1v) is 11.0. The Morgan fingerprint density at radius 3 is 2.60 bits per heavy atom. The molecule has 5 rings (SSSR count). The van der Waals surface area contributed by atoms with Gasteiger partial charge in [0.05, 0.1) is 5.52 Å². The molecule has 5 heteroatoms. The van der Waals surface area contributed by atoms with Crippen molar-refractivity contribution >= 4 is 28.4 Å². The van der Waals surface area contributed by atoms with Crippen LogP contribution in [0.3, 0.4) is 0 Å². The van der Waals surface area contributed by atoms with Crippen molar-refractivity contribution in [3.05, 3.63) is 76.7 Å². The zero-order valence-corrected chi connectivity index (χ0v) is 17.6. The van der Waals surface area contributed by atoms with Crippen LogP contribution < -0.4 is 5.32 Å². The van der Waals surface area contributed by atoms with Gasteiger partial charge in [-0.2, -0.15) is 0 Å². The van der Waals surface area contributed by atoms with Crippen LogP contribution in [0.1, 0.15) is 48.0 Å². The maximum atomic E-state index is 13.8. The molecule has 0 radical (unpaired) electrons. The fourth-order valence-electron chi connectivity index (χ4n) is 5.56. The number of pyridine rings is 1. The van der Waals surface area contributed by atoms with E-state index in [1.807, 2.05) is 12.3 Å². The van der Waals surface area contributed by atoms with Crippen LogP contribution in [0.4, 0.5) is 4.39 Å². The molecule has 0 spiro atoms. The molecule has 1 amide bonds. The van der Waals surface area contributed by atoms with Crippen molar-refractivity contribution in [2.75, 3.05) is 0 Å². The Morgan fingerprint density at radius 2 is 1.90 bits per heavy atom. The van der Waals surface area contributed by atoms with Crippen molar-refractivity contribution in [3.63, 3.8) is 0 Å². The summed E-state index contributed by atoms with van der Waals surface area (Å²) in [5.41, 5.74) is 2.71. The highest BCUT2D eigenvalue weighted by molar-refractivity contribution is 6.30. The molecular formula is C25H24ClFN2O. The van der Waals surface area contributed by atoms with Crippen molar-refractivity contribution < 1.29 is 9.18 Å². The Hall–Kier alpha value is -2.46. The molecule has 0 unspecified atom stereocenters. The van der Waals surface area contributed by atoms with E-state index in [0.29, 0.717) is 34.3 Å². The summed E-state index contributed by atoms with van der Waals surface area (Å²) in [6, 6.07) is 14.1. The first-order valence-electron chi connectivity index (χ1n) is 10.7. The molecule has 2 aliphatic carbocycles. The zero-order valence-electron chi connectivity index (χ0n) is 16.8. The summed E-state index contributed by atoms with van der Waals surface area (Å²) < 4.78 is 13.8. The third-order valence-corrected chi connectivity index (χ3v) is 7.27. The molecule has 2 aromatic carbocycles. The zero-order chi connectivity index (χ0) is 20.8. The largest absolute Gasteiger partial charge is 0.349 e. The summed E-state index contributed by atoms with van der Waals surface area (Å²) in [7, 11) is 0. The number of fused-ring (bicyclic) bond motifs is 2. The van der Waals surface area contributed by atoms with Crippen LogP contribution in [0.25, 0.3) is 10.9 Å². The molecule has 3 nitrogen and oxygen atoms in total. The molecule has 0 saturated heterocycles. The van der Waals surface area contributed by atoms with E-state index in [2.05, 4.69) is 17.2 Å². The summed E-state index contributed by atoms with van der Waals surface area (Å²) >= 11 is 5.93. The highest BCUT2D eigenvalue weighted by Gasteiger charge is 2.58. The van der Waals surface area contributed by atoms with Gasteiger partial charge in [-0.25, -0.2) is 4.39 Å². The first kappa shape index (κ1) is 19.5. The molecule has 2 fully saturated rings. The minimum Gasteiger partial charge on any atom is -0.349 e. The Kier molecular flexibility index (Phi) is 4.98. The van der Waals surface area contributed by atoms with Gasteiger partial charge in [-0.3, -0.25) is 9.78 Å². The van der Waals surface area contributed by atoms with Gasteiger partial charge in [-0.05, 0) is 97.0 Å². The van der Waals surface area contributed by atoms with Gasteiger partial charge >= 0.3 is 0 Å². The summed E-state index contributed by atoms with van der Waals surface area (Å²) in [5, 5.41) is 4.81. The topological polar surface area (TPSA) is 42.0 Å². The predicted octanol–water partition coefficient (Wildman–Crippen LogP) is 5.98. The van der Waals surface area contributed by atoms with E-state index in [4.69, 9.17) is 11.6 Å².